The Morgan fingerprint density at radius 1 is 1.18 bits per heavy atom. The number of halogens is 1. The number of hydrogen-bond donors (Lipinski definition) is 0. The Kier molecular flexibility index (Phi) is 5.64. The van der Waals surface area contributed by atoms with Crippen LogP contribution in [0.2, 0.25) is 0 Å². The molecule has 1 aromatic carbocycles. The van der Waals surface area contributed by atoms with Gasteiger partial charge in [-0.05, 0) is 49.6 Å². The molecule has 1 unspecified atom stereocenters. The first-order valence-electron chi connectivity index (χ1n) is 7.58. The Labute approximate surface area is 130 Å². The van der Waals surface area contributed by atoms with Crippen LogP contribution in [-0.2, 0) is 11.2 Å². The van der Waals surface area contributed by atoms with E-state index in [0.29, 0.717) is 19.5 Å². The first-order valence-corrected chi connectivity index (χ1v) is 7.58. The highest BCUT2D eigenvalue weighted by molar-refractivity contribution is 5.84. The van der Waals surface area contributed by atoms with Gasteiger partial charge in [-0.15, -0.1) is 0 Å². The molecular weight excluding hydrogens is 279 g/mol. The number of rotatable bonds is 6. The van der Waals surface area contributed by atoms with E-state index >= 15 is 0 Å². The van der Waals surface area contributed by atoms with Crippen LogP contribution < -0.4 is 0 Å². The summed E-state index contributed by atoms with van der Waals surface area (Å²) in [5, 5.41) is 0. The molecule has 2 aromatic rings. The number of hydrogen-bond acceptors (Lipinski definition) is 2. The van der Waals surface area contributed by atoms with Crippen molar-refractivity contribution in [3.8, 4) is 0 Å². The van der Waals surface area contributed by atoms with Gasteiger partial charge in [0.25, 0.3) is 0 Å². The molecule has 0 N–H and O–H groups in total. The molecule has 0 aliphatic rings. The van der Waals surface area contributed by atoms with E-state index < -0.39 is 0 Å². The van der Waals surface area contributed by atoms with Gasteiger partial charge in [-0.3, -0.25) is 9.78 Å². The third-order valence-electron chi connectivity index (χ3n) is 3.81. The topological polar surface area (TPSA) is 33.2 Å². The lowest BCUT2D eigenvalue weighted by Crippen LogP contribution is -2.35. The van der Waals surface area contributed by atoms with Crippen molar-refractivity contribution in [2.24, 2.45) is 0 Å². The number of benzene rings is 1. The molecule has 0 aliphatic carbocycles. The van der Waals surface area contributed by atoms with Gasteiger partial charge < -0.3 is 4.90 Å². The average molecular weight is 300 g/mol. The highest BCUT2D eigenvalue weighted by Crippen LogP contribution is 2.23. The maximum Gasteiger partial charge on any atom is 0.230 e. The maximum absolute atomic E-state index is 13.2. The van der Waals surface area contributed by atoms with Crippen LogP contribution in [0.4, 0.5) is 4.39 Å². The van der Waals surface area contributed by atoms with E-state index in [-0.39, 0.29) is 17.6 Å². The number of carbonyl (C=O) groups excluding carboxylic acids is 1. The highest BCUT2D eigenvalue weighted by Gasteiger charge is 2.24. The molecular formula is C18H21FN2O. The molecule has 22 heavy (non-hydrogen) atoms. The van der Waals surface area contributed by atoms with Crippen LogP contribution in [0.3, 0.4) is 0 Å². The van der Waals surface area contributed by atoms with Gasteiger partial charge in [-0.25, -0.2) is 4.39 Å². The highest BCUT2D eigenvalue weighted by atomic mass is 19.1. The van der Waals surface area contributed by atoms with E-state index in [1.54, 1.807) is 24.5 Å². The predicted octanol–water partition coefficient (Wildman–Crippen LogP) is 3.42. The van der Waals surface area contributed by atoms with Crippen LogP contribution in [0.1, 0.15) is 30.9 Å². The molecule has 4 heteroatoms. The van der Waals surface area contributed by atoms with Crippen molar-refractivity contribution in [3.63, 3.8) is 0 Å². The summed E-state index contributed by atoms with van der Waals surface area (Å²) in [5.41, 5.74) is 1.83. The van der Waals surface area contributed by atoms with Crippen molar-refractivity contribution < 1.29 is 9.18 Å². The summed E-state index contributed by atoms with van der Waals surface area (Å²) < 4.78 is 13.2. The molecule has 0 spiro atoms. The Hall–Kier alpha value is -2.23. The summed E-state index contributed by atoms with van der Waals surface area (Å²) in [6, 6.07) is 10.0. The van der Waals surface area contributed by atoms with Crippen molar-refractivity contribution in [1.82, 2.24) is 9.88 Å². The van der Waals surface area contributed by atoms with E-state index in [1.165, 1.54) is 12.1 Å². The van der Waals surface area contributed by atoms with Crippen molar-refractivity contribution >= 4 is 5.91 Å². The van der Waals surface area contributed by atoms with Gasteiger partial charge in [-0.2, -0.15) is 0 Å². The second-order valence-corrected chi connectivity index (χ2v) is 5.18. The number of likely N-dealkylation sites (N-methyl/N-ethyl adjacent to an activating group) is 1. The SMILES string of the molecule is CCN(CC)C(=O)C(Cc1cccnc1)c1ccc(F)cc1. The van der Waals surface area contributed by atoms with E-state index in [4.69, 9.17) is 0 Å². The molecule has 0 saturated heterocycles. The minimum Gasteiger partial charge on any atom is -0.343 e. The van der Waals surface area contributed by atoms with Crippen LogP contribution in [-0.4, -0.2) is 28.9 Å². The standard InChI is InChI=1S/C18H21FN2O/c1-3-21(4-2)18(22)17(12-14-6-5-11-20-13-14)15-7-9-16(19)10-8-15/h5-11,13,17H,3-4,12H2,1-2H3. The fourth-order valence-corrected chi connectivity index (χ4v) is 2.55. The van der Waals surface area contributed by atoms with Gasteiger partial charge in [0.05, 0.1) is 5.92 Å². The van der Waals surface area contributed by atoms with Gasteiger partial charge in [0, 0.05) is 25.5 Å². The number of carbonyl (C=O) groups is 1. The fourth-order valence-electron chi connectivity index (χ4n) is 2.55. The molecule has 0 radical (unpaired) electrons. The van der Waals surface area contributed by atoms with Gasteiger partial charge in [0.1, 0.15) is 5.82 Å². The lowest BCUT2D eigenvalue weighted by atomic mass is 9.91. The summed E-state index contributed by atoms with van der Waals surface area (Å²) >= 11 is 0. The van der Waals surface area contributed by atoms with E-state index in [2.05, 4.69) is 4.98 Å². The van der Waals surface area contributed by atoms with Crippen LogP contribution in [0, 0.1) is 5.82 Å². The Bertz CT molecular complexity index is 594. The summed E-state index contributed by atoms with van der Waals surface area (Å²) in [5.74, 6) is -0.538. The third-order valence-corrected chi connectivity index (χ3v) is 3.81. The first kappa shape index (κ1) is 16.1. The van der Waals surface area contributed by atoms with Gasteiger partial charge in [0.15, 0.2) is 0 Å². The molecule has 1 aromatic heterocycles. The van der Waals surface area contributed by atoms with Crippen LogP contribution in [0.5, 0.6) is 0 Å². The minimum atomic E-state index is -0.315. The Balaban J connectivity index is 2.31. The molecule has 1 heterocycles. The molecule has 1 amide bonds. The summed E-state index contributed by atoms with van der Waals surface area (Å²) in [6.45, 7) is 5.26. The van der Waals surface area contributed by atoms with Crippen molar-refractivity contribution in [2.45, 2.75) is 26.2 Å². The summed E-state index contributed by atoms with van der Waals surface area (Å²) in [4.78, 5) is 18.7. The quantitative estimate of drug-likeness (QED) is 0.819. The van der Waals surface area contributed by atoms with E-state index in [9.17, 15) is 9.18 Å². The van der Waals surface area contributed by atoms with E-state index in [1.807, 2.05) is 30.9 Å². The number of nitrogens with zero attached hydrogens (tertiary/aromatic N) is 2. The molecule has 3 nitrogen and oxygen atoms in total. The number of pyridine rings is 1. The largest absolute Gasteiger partial charge is 0.343 e. The van der Waals surface area contributed by atoms with Gasteiger partial charge in [-0.1, -0.05) is 18.2 Å². The molecule has 1 atom stereocenters. The van der Waals surface area contributed by atoms with Crippen molar-refractivity contribution in [2.75, 3.05) is 13.1 Å². The van der Waals surface area contributed by atoms with E-state index in [0.717, 1.165) is 11.1 Å². The van der Waals surface area contributed by atoms with Crippen LogP contribution in [0.25, 0.3) is 0 Å². The summed E-state index contributed by atoms with van der Waals surface area (Å²) in [7, 11) is 0. The molecule has 0 bridgehead atoms. The molecule has 0 saturated carbocycles. The zero-order valence-electron chi connectivity index (χ0n) is 13.0. The average Bonchev–Trinajstić information content (AvgIpc) is 2.55. The van der Waals surface area contributed by atoms with Crippen molar-refractivity contribution in [3.05, 3.63) is 65.7 Å². The predicted molar refractivity (Wildman–Crippen MR) is 85.0 cm³/mol. The Morgan fingerprint density at radius 2 is 1.86 bits per heavy atom. The molecule has 0 aliphatic heterocycles. The molecule has 2 rings (SSSR count). The smallest absolute Gasteiger partial charge is 0.230 e. The normalized spacial score (nSPS) is 12.0. The first-order chi connectivity index (χ1) is 10.7. The third kappa shape index (κ3) is 3.91. The van der Waals surface area contributed by atoms with Crippen molar-refractivity contribution in [1.29, 1.82) is 0 Å². The van der Waals surface area contributed by atoms with Gasteiger partial charge in [0.2, 0.25) is 5.91 Å². The van der Waals surface area contributed by atoms with Gasteiger partial charge >= 0.3 is 0 Å². The van der Waals surface area contributed by atoms with Crippen LogP contribution in [0.15, 0.2) is 48.8 Å². The number of aromatic nitrogens is 1. The van der Waals surface area contributed by atoms with Crippen LogP contribution >= 0.6 is 0 Å². The zero-order valence-corrected chi connectivity index (χ0v) is 13.0. The lowest BCUT2D eigenvalue weighted by Gasteiger charge is -2.25. The fraction of sp³-hybridized carbons (Fsp3) is 0.333. The molecule has 0 fully saturated rings. The monoisotopic (exact) mass is 300 g/mol. The summed E-state index contributed by atoms with van der Waals surface area (Å²) in [6.07, 6.45) is 4.05. The zero-order chi connectivity index (χ0) is 15.9. The molecule has 116 valence electrons. The number of amides is 1. The minimum absolute atomic E-state index is 0.0699. The second kappa shape index (κ2) is 7.69. The second-order valence-electron chi connectivity index (χ2n) is 5.18. The lowest BCUT2D eigenvalue weighted by molar-refractivity contribution is -0.132. The Morgan fingerprint density at radius 3 is 2.41 bits per heavy atom. The maximum atomic E-state index is 13.2.